The van der Waals surface area contributed by atoms with Crippen molar-refractivity contribution < 1.29 is 4.79 Å². The second-order valence-corrected chi connectivity index (χ2v) is 5.63. The Morgan fingerprint density at radius 2 is 2.14 bits per heavy atom. The fourth-order valence-electron chi connectivity index (χ4n) is 2.57. The van der Waals surface area contributed by atoms with E-state index in [0.29, 0.717) is 12.1 Å². The Balaban J connectivity index is 1.94. The molecule has 1 fully saturated rings. The second-order valence-electron chi connectivity index (χ2n) is 5.63. The standard InChI is InChI=1S/C16H24N4O/c1-12-6-8-20(9-7-12)16(18-2)19-11-13-4-3-5-14(10-13)15(17)21/h3-5,10,12H,6-9,11H2,1-2H3,(H2,17,21)(H,18,19). The number of carbonyl (C=O) groups excluding carboxylic acids is 1. The van der Waals surface area contributed by atoms with Gasteiger partial charge in [0.05, 0.1) is 0 Å². The van der Waals surface area contributed by atoms with Crippen LogP contribution in [0.4, 0.5) is 0 Å². The molecule has 1 saturated heterocycles. The van der Waals surface area contributed by atoms with Gasteiger partial charge in [0.1, 0.15) is 0 Å². The lowest BCUT2D eigenvalue weighted by molar-refractivity contribution is 0.1000. The number of carbonyl (C=O) groups is 1. The van der Waals surface area contributed by atoms with Gasteiger partial charge in [-0.2, -0.15) is 0 Å². The van der Waals surface area contributed by atoms with Gasteiger partial charge in [-0.3, -0.25) is 9.79 Å². The highest BCUT2D eigenvalue weighted by molar-refractivity contribution is 5.92. The summed E-state index contributed by atoms with van der Waals surface area (Å²) in [5.74, 6) is 1.32. The minimum Gasteiger partial charge on any atom is -0.366 e. The number of nitrogens with two attached hydrogens (primary N) is 1. The number of piperidine rings is 1. The highest BCUT2D eigenvalue weighted by Crippen LogP contribution is 2.16. The maximum Gasteiger partial charge on any atom is 0.248 e. The van der Waals surface area contributed by atoms with Crippen molar-refractivity contribution in [1.29, 1.82) is 0 Å². The van der Waals surface area contributed by atoms with Crippen molar-refractivity contribution in [3.63, 3.8) is 0 Å². The summed E-state index contributed by atoms with van der Waals surface area (Å²) in [5.41, 5.74) is 6.87. The number of hydrogen-bond acceptors (Lipinski definition) is 2. The van der Waals surface area contributed by atoms with Crippen molar-refractivity contribution >= 4 is 11.9 Å². The second kappa shape index (κ2) is 7.11. The van der Waals surface area contributed by atoms with Gasteiger partial charge in [0.25, 0.3) is 0 Å². The molecule has 1 amide bonds. The Morgan fingerprint density at radius 1 is 1.43 bits per heavy atom. The lowest BCUT2D eigenvalue weighted by Crippen LogP contribution is -2.45. The molecule has 1 heterocycles. The SMILES string of the molecule is CN=C(NCc1cccc(C(N)=O)c1)N1CCC(C)CC1. The quantitative estimate of drug-likeness (QED) is 0.655. The van der Waals surface area contributed by atoms with Crippen LogP contribution in [-0.2, 0) is 6.54 Å². The van der Waals surface area contributed by atoms with Crippen molar-refractivity contribution in [3.8, 4) is 0 Å². The molecule has 0 bridgehead atoms. The smallest absolute Gasteiger partial charge is 0.248 e. The average Bonchev–Trinajstić information content (AvgIpc) is 2.50. The molecule has 0 unspecified atom stereocenters. The maximum absolute atomic E-state index is 11.2. The number of likely N-dealkylation sites (tertiary alicyclic amines) is 1. The molecule has 0 spiro atoms. The highest BCUT2D eigenvalue weighted by atomic mass is 16.1. The van der Waals surface area contributed by atoms with E-state index < -0.39 is 5.91 Å². The molecular weight excluding hydrogens is 264 g/mol. The first kappa shape index (κ1) is 15.4. The molecule has 0 saturated carbocycles. The van der Waals surface area contributed by atoms with Crippen molar-refractivity contribution in [2.75, 3.05) is 20.1 Å². The van der Waals surface area contributed by atoms with Crippen LogP contribution in [-0.4, -0.2) is 36.9 Å². The van der Waals surface area contributed by atoms with Gasteiger partial charge in [-0.1, -0.05) is 19.1 Å². The number of benzene rings is 1. The fourth-order valence-corrected chi connectivity index (χ4v) is 2.57. The molecule has 2 rings (SSSR count). The number of nitrogens with one attached hydrogen (secondary N) is 1. The molecule has 0 atom stereocenters. The largest absolute Gasteiger partial charge is 0.366 e. The molecule has 1 aromatic carbocycles. The first-order valence-corrected chi connectivity index (χ1v) is 7.44. The summed E-state index contributed by atoms with van der Waals surface area (Å²) in [7, 11) is 1.81. The molecule has 0 aromatic heterocycles. The van der Waals surface area contributed by atoms with Gasteiger partial charge in [-0.25, -0.2) is 0 Å². The lowest BCUT2D eigenvalue weighted by atomic mass is 9.99. The molecule has 5 nitrogen and oxygen atoms in total. The van der Waals surface area contributed by atoms with Crippen LogP contribution in [0.1, 0.15) is 35.7 Å². The third kappa shape index (κ3) is 4.21. The van der Waals surface area contributed by atoms with Crippen LogP contribution in [0.25, 0.3) is 0 Å². The monoisotopic (exact) mass is 288 g/mol. The fraction of sp³-hybridized carbons (Fsp3) is 0.500. The Hall–Kier alpha value is -2.04. The molecule has 1 aromatic rings. The maximum atomic E-state index is 11.2. The van der Waals surface area contributed by atoms with Crippen LogP contribution >= 0.6 is 0 Å². The van der Waals surface area contributed by atoms with Crippen LogP contribution in [0.5, 0.6) is 0 Å². The lowest BCUT2D eigenvalue weighted by Gasteiger charge is -2.32. The Labute approximate surface area is 126 Å². The number of rotatable bonds is 3. The third-order valence-corrected chi connectivity index (χ3v) is 3.96. The number of nitrogens with zero attached hydrogens (tertiary/aromatic N) is 2. The van der Waals surface area contributed by atoms with E-state index in [1.165, 1.54) is 12.8 Å². The molecule has 21 heavy (non-hydrogen) atoms. The predicted molar refractivity (Wildman–Crippen MR) is 85.1 cm³/mol. The van der Waals surface area contributed by atoms with Gasteiger partial charge < -0.3 is 16.0 Å². The predicted octanol–water partition coefficient (Wildman–Crippen LogP) is 1.59. The minimum atomic E-state index is -0.397. The van der Waals surface area contributed by atoms with Crippen LogP contribution in [0, 0.1) is 5.92 Å². The van der Waals surface area contributed by atoms with E-state index in [-0.39, 0.29) is 0 Å². The van der Waals surface area contributed by atoms with Crippen molar-refractivity contribution in [3.05, 3.63) is 35.4 Å². The number of aliphatic imine (C=N–C) groups is 1. The number of primary amides is 1. The van der Waals surface area contributed by atoms with E-state index in [2.05, 4.69) is 22.1 Å². The third-order valence-electron chi connectivity index (χ3n) is 3.96. The van der Waals surface area contributed by atoms with Gasteiger partial charge in [-0.05, 0) is 36.5 Å². The number of amides is 1. The van der Waals surface area contributed by atoms with Crippen LogP contribution in [0.15, 0.2) is 29.3 Å². The summed E-state index contributed by atoms with van der Waals surface area (Å²) in [6.45, 7) is 5.02. The van der Waals surface area contributed by atoms with E-state index in [1.54, 1.807) is 13.1 Å². The highest BCUT2D eigenvalue weighted by Gasteiger charge is 2.18. The zero-order chi connectivity index (χ0) is 15.2. The van der Waals surface area contributed by atoms with Crippen LogP contribution in [0.2, 0.25) is 0 Å². The normalized spacial score (nSPS) is 16.9. The number of guanidine groups is 1. The number of hydrogen-bond donors (Lipinski definition) is 2. The molecule has 0 aliphatic carbocycles. The molecule has 1 aliphatic rings. The van der Waals surface area contributed by atoms with E-state index in [4.69, 9.17) is 5.73 Å². The Morgan fingerprint density at radius 3 is 2.76 bits per heavy atom. The van der Waals surface area contributed by atoms with E-state index in [1.807, 2.05) is 18.2 Å². The van der Waals surface area contributed by atoms with Gasteiger partial charge in [0.15, 0.2) is 5.96 Å². The first-order chi connectivity index (χ1) is 10.1. The molecule has 114 valence electrons. The molecular formula is C16H24N4O. The van der Waals surface area contributed by atoms with Crippen LogP contribution < -0.4 is 11.1 Å². The van der Waals surface area contributed by atoms with Crippen molar-refractivity contribution in [2.24, 2.45) is 16.6 Å². The Kier molecular flexibility index (Phi) is 5.20. The average molecular weight is 288 g/mol. The summed E-state index contributed by atoms with van der Waals surface area (Å²) in [5, 5.41) is 3.36. The van der Waals surface area contributed by atoms with E-state index in [9.17, 15) is 4.79 Å². The van der Waals surface area contributed by atoms with Crippen LogP contribution in [0.3, 0.4) is 0 Å². The summed E-state index contributed by atoms with van der Waals surface area (Å²) in [6.07, 6.45) is 2.41. The zero-order valence-electron chi connectivity index (χ0n) is 12.8. The van der Waals surface area contributed by atoms with Crippen molar-refractivity contribution in [1.82, 2.24) is 10.2 Å². The summed E-state index contributed by atoms with van der Waals surface area (Å²) >= 11 is 0. The molecule has 1 aliphatic heterocycles. The van der Waals surface area contributed by atoms with Crippen molar-refractivity contribution in [2.45, 2.75) is 26.3 Å². The molecule has 3 N–H and O–H groups in total. The van der Waals surface area contributed by atoms with Gasteiger partial charge >= 0.3 is 0 Å². The first-order valence-electron chi connectivity index (χ1n) is 7.44. The summed E-state index contributed by atoms with van der Waals surface area (Å²) < 4.78 is 0. The summed E-state index contributed by atoms with van der Waals surface area (Å²) in [4.78, 5) is 17.8. The molecule has 5 heteroatoms. The van der Waals surface area contributed by atoms with E-state index >= 15 is 0 Å². The zero-order valence-corrected chi connectivity index (χ0v) is 12.8. The van der Waals surface area contributed by atoms with Gasteiger partial charge in [-0.15, -0.1) is 0 Å². The Bertz CT molecular complexity index is 519. The van der Waals surface area contributed by atoms with E-state index in [0.717, 1.165) is 30.5 Å². The van der Waals surface area contributed by atoms with Gasteiger partial charge in [0.2, 0.25) is 5.91 Å². The molecule has 0 radical (unpaired) electrons. The topological polar surface area (TPSA) is 70.7 Å². The summed E-state index contributed by atoms with van der Waals surface area (Å²) in [6, 6.07) is 7.38. The van der Waals surface area contributed by atoms with Gasteiger partial charge in [0, 0.05) is 32.2 Å². The minimum absolute atomic E-state index is 0.397.